The molecule has 0 aliphatic heterocycles. The van der Waals surface area contributed by atoms with Gasteiger partial charge in [-0.2, -0.15) is 0 Å². The number of nitrogens with zero attached hydrogens (tertiary/aromatic N) is 2. The van der Waals surface area contributed by atoms with Crippen molar-refractivity contribution in [2.45, 2.75) is 6.92 Å². The van der Waals surface area contributed by atoms with Crippen molar-refractivity contribution < 1.29 is 13.2 Å². The Morgan fingerprint density at radius 2 is 2.20 bits per heavy atom. The molecule has 8 heteroatoms. The minimum atomic E-state index is -3.06. The van der Waals surface area contributed by atoms with E-state index in [2.05, 4.69) is 20.5 Å². The number of hydrogen-bond acceptors (Lipinski definition) is 5. The van der Waals surface area contributed by atoms with Crippen LogP contribution < -0.4 is 5.32 Å². The molecule has 0 saturated heterocycles. The highest BCUT2D eigenvalue weighted by atomic mass is 32.2. The lowest BCUT2D eigenvalue weighted by Gasteiger charge is -2.00. The van der Waals surface area contributed by atoms with E-state index in [1.54, 1.807) is 6.92 Å². The molecule has 0 saturated carbocycles. The number of aryl methyl sites for hydroxylation is 1. The van der Waals surface area contributed by atoms with Crippen molar-refractivity contribution >= 4 is 15.7 Å². The number of nitrogens with one attached hydrogen (secondary N) is 2. The van der Waals surface area contributed by atoms with Crippen molar-refractivity contribution in [1.29, 1.82) is 0 Å². The molecule has 0 radical (unpaired) electrons. The third-order valence-corrected chi connectivity index (χ3v) is 2.50. The van der Waals surface area contributed by atoms with Crippen LogP contribution in [0.15, 0.2) is 0 Å². The molecule has 1 amide bonds. The first-order valence-electron chi connectivity index (χ1n) is 4.23. The standard InChI is InChI=1S/C7H12N4O3S/c1-5-9-6(11-10-5)7(12)8-3-4-15(2,13)14/h3-4H2,1-2H3,(H,8,12)(H,9,10,11). The Morgan fingerprint density at radius 3 is 2.67 bits per heavy atom. The average Bonchev–Trinajstić information content (AvgIpc) is 2.49. The van der Waals surface area contributed by atoms with Gasteiger partial charge < -0.3 is 5.32 Å². The van der Waals surface area contributed by atoms with E-state index in [0.717, 1.165) is 6.26 Å². The van der Waals surface area contributed by atoms with Gasteiger partial charge in [0.05, 0.1) is 5.75 Å². The molecule has 0 aliphatic rings. The van der Waals surface area contributed by atoms with E-state index in [1.165, 1.54) is 0 Å². The molecule has 1 aromatic heterocycles. The minimum absolute atomic E-state index is 0.0148. The third-order valence-electron chi connectivity index (χ3n) is 1.56. The van der Waals surface area contributed by atoms with Crippen LogP contribution >= 0.6 is 0 Å². The second kappa shape index (κ2) is 4.39. The van der Waals surface area contributed by atoms with Crippen LogP contribution in [0.25, 0.3) is 0 Å². The zero-order valence-electron chi connectivity index (χ0n) is 8.44. The molecule has 0 aromatic carbocycles. The van der Waals surface area contributed by atoms with Crippen molar-refractivity contribution in [3.63, 3.8) is 0 Å². The molecule has 0 atom stereocenters. The number of hydrogen-bond donors (Lipinski definition) is 2. The number of aromatic nitrogens is 3. The van der Waals surface area contributed by atoms with E-state index in [4.69, 9.17) is 0 Å². The zero-order valence-corrected chi connectivity index (χ0v) is 9.26. The fourth-order valence-corrected chi connectivity index (χ4v) is 1.35. The molecule has 15 heavy (non-hydrogen) atoms. The minimum Gasteiger partial charge on any atom is -0.348 e. The maximum absolute atomic E-state index is 11.3. The molecule has 84 valence electrons. The van der Waals surface area contributed by atoms with Gasteiger partial charge >= 0.3 is 0 Å². The molecule has 1 aromatic rings. The van der Waals surface area contributed by atoms with E-state index in [1.807, 2.05) is 0 Å². The molecule has 2 N–H and O–H groups in total. The van der Waals surface area contributed by atoms with Gasteiger partial charge in [0.15, 0.2) is 0 Å². The van der Waals surface area contributed by atoms with E-state index >= 15 is 0 Å². The second-order valence-corrected chi connectivity index (χ2v) is 5.39. The van der Waals surface area contributed by atoms with Crippen molar-refractivity contribution in [1.82, 2.24) is 20.5 Å². The monoisotopic (exact) mass is 232 g/mol. The summed E-state index contributed by atoms with van der Waals surface area (Å²) in [5.41, 5.74) is 0. The van der Waals surface area contributed by atoms with Gasteiger partial charge in [0.25, 0.3) is 5.91 Å². The first-order valence-corrected chi connectivity index (χ1v) is 6.29. The van der Waals surface area contributed by atoms with Crippen LogP contribution in [0.5, 0.6) is 0 Å². The Morgan fingerprint density at radius 1 is 1.53 bits per heavy atom. The van der Waals surface area contributed by atoms with Gasteiger partial charge in [0, 0.05) is 12.8 Å². The van der Waals surface area contributed by atoms with E-state index < -0.39 is 15.7 Å². The highest BCUT2D eigenvalue weighted by Crippen LogP contribution is 1.90. The average molecular weight is 232 g/mol. The van der Waals surface area contributed by atoms with Crippen LogP contribution in [-0.4, -0.2) is 48.1 Å². The molecule has 0 bridgehead atoms. The molecule has 0 aliphatic carbocycles. The smallest absolute Gasteiger partial charge is 0.290 e. The lowest BCUT2D eigenvalue weighted by atomic mass is 10.5. The fraction of sp³-hybridized carbons (Fsp3) is 0.571. The number of carbonyl (C=O) groups is 1. The molecular weight excluding hydrogens is 220 g/mol. The van der Waals surface area contributed by atoms with Crippen LogP contribution in [0.2, 0.25) is 0 Å². The molecule has 1 rings (SSSR count). The lowest BCUT2D eigenvalue weighted by molar-refractivity contribution is 0.0946. The first-order chi connectivity index (χ1) is 6.88. The summed E-state index contributed by atoms with van der Waals surface area (Å²) >= 11 is 0. The zero-order chi connectivity index (χ0) is 11.5. The van der Waals surface area contributed by atoms with Gasteiger partial charge in [-0.15, -0.1) is 5.10 Å². The molecular formula is C7H12N4O3S. The summed E-state index contributed by atoms with van der Waals surface area (Å²) in [4.78, 5) is 15.1. The van der Waals surface area contributed by atoms with Crippen molar-refractivity contribution in [3.8, 4) is 0 Å². The Balaban J connectivity index is 2.44. The maximum atomic E-state index is 11.3. The summed E-state index contributed by atoms with van der Waals surface area (Å²) in [5, 5.41) is 8.55. The summed E-state index contributed by atoms with van der Waals surface area (Å²) in [6.07, 6.45) is 1.11. The molecule has 1 heterocycles. The van der Waals surface area contributed by atoms with Gasteiger partial charge in [-0.05, 0) is 6.92 Å². The maximum Gasteiger partial charge on any atom is 0.290 e. The predicted molar refractivity (Wildman–Crippen MR) is 53.2 cm³/mol. The number of aromatic amines is 1. The fourth-order valence-electron chi connectivity index (χ4n) is 0.873. The molecule has 0 spiro atoms. The van der Waals surface area contributed by atoms with E-state index in [0.29, 0.717) is 5.82 Å². The SMILES string of the molecule is Cc1nc(C(=O)NCCS(C)(=O)=O)n[nH]1. The molecule has 0 fully saturated rings. The van der Waals surface area contributed by atoms with Gasteiger partial charge in [0.2, 0.25) is 5.82 Å². The van der Waals surface area contributed by atoms with Gasteiger partial charge in [-0.25, -0.2) is 13.4 Å². The lowest BCUT2D eigenvalue weighted by Crippen LogP contribution is -2.29. The van der Waals surface area contributed by atoms with Crippen molar-refractivity contribution in [3.05, 3.63) is 11.6 Å². The molecule has 0 unspecified atom stereocenters. The van der Waals surface area contributed by atoms with Gasteiger partial charge in [0.1, 0.15) is 15.7 Å². The topological polar surface area (TPSA) is 105 Å². The van der Waals surface area contributed by atoms with Crippen LogP contribution in [0, 0.1) is 6.92 Å². The van der Waals surface area contributed by atoms with Crippen LogP contribution in [0.3, 0.4) is 0 Å². The van der Waals surface area contributed by atoms with Gasteiger partial charge in [-0.1, -0.05) is 0 Å². The second-order valence-electron chi connectivity index (χ2n) is 3.13. The number of amides is 1. The van der Waals surface area contributed by atoms with Crippen LogP contribution in [0.4, 0.5) is 0 Å². The highest BCUT2D eigenvalue weighted by molar-refractivity contribution is 7.90. The van der Waals surface area contributed by atoms with Crippen molar-refractivity contribution in [2.75, 3.05) is 18.6 Å². The Kier molecular flexibility index (Phi) is 3.40. The van der Waals surface area contributed by atoms with Crippen LogP contribution in [-0.2, 0) is 9.84 Å². The number of H-pyrrole nitrogens is 1. The Hall–Kier alpha value is -1.44. The number of carbonyl (C=O) groups excluding carboxylic acids is 1. The van der Waals surface area contributed by atoms with E-state index in [-0.39, 0.29) is 18.1 Å². The number of rotatable bonds is 4. The highest BCUT2D eigenvalue weighted by Gasteiger charge is 2.11. The summed E-state index contributed by atoms with van der Waals surface area (Å²) < 4.78 is 21.5. The van der Waals surface area contributed by atoms with Crippen LogP contribution in [0.1, 0.15) is 16.4 Å². The largest absolute Gasteiger partial charge is 0.348 e. The number of sulfone groups is 1. The quantitative estimate of drug-likeness (QED) is 0.684. The molecule has 7 nitrogen and oxygen atoms in total. The summed E-state index contributed by atoms with van der Waals surface area (Å²) in [6, 6.07) is 0. The van der Waals surface area contributed by atoms with Crippen molar-refractivity contribution in [2.24, 2.45) is 0 Å². The van der Waals surface area contributed by atoms with E-state index in [9.17, 15) is 13.2 Å². The summed E-state index contributed by atoms with van der Waals surface area (Å²) in [7, 11) is -3.06. The van der Waals surface area contributed by atoms with Gasteiger partial charge in [-0.3, -0.25) is 9.89 Å². The Labute approximate surface area is 87.2 Å². The first kappa shape index (κ1) is 11.6. The summed E-state index contributed by atoms with van der Waals surface area (Å²) in [5.74, 6) is -0.0328. The summed E-state index contributed by atoms with van der Waals surface area (Å²) in [6.45, 7) is 1.73. The normalized spacial score (nSPS) is 11.3. The predicted octanol–water partition coefficient (Wildman–Crippen LogP) is -1.11. The third kappa shape index (κ3) is 4.07. The Bertz CT molecular complexity index is 451.